The number of Topliss-reactive ketones (excluding diaryl/α,β-unsaturated/α-hetero) is 1. The Hall–Kier alpha value is -1.56. The van der Waals surface area contributed by atoms with E-state index in [0.29, 0.717) is 24.2 Å². The van der Waals surface area contributed by atoms with Crippen molar-refractivity contribution in [2.24, 2.45) is 5.92 Å². The number of carbonyl (C=O) groups excluding carboxylic acids is 1. The summed E-state index contributed by atoms with van der Waals surface area (Å²) in [6.45, 7) is 2.08. The maximum atomic E-state index is 11.3. The number of sulfone groups is 1. The van der Waals surface area contributed by atoms with Crippen LogP contribution in [-0.4, -0.2) is 32.3 Å². The van der Waals surface area contributed by atoms with E-state index in [1.54, 1.807) is 18.2 Å². The monoisotopic (exact) mass is 282 g/mol. The second kappa shape index (κ2) is 5.21. The van der Waals surface area contributed by atoms with Crippen LogP contribution in [0.2, 0.25) is 0 Å². The van der Waals surface area contributed by atoms with E-state index in [1.165, 1.54) is 6.92 Å². The summed E-state index contributed by atoms with van der Waals surface area (Å²) >= 11 is 0. The summed E-state index contributed by atoms with van der Waals surface area (Å²) in [6.07, 6.45) is 0.705. The molecule has 1 unspecified atom stereocenters. The fourth-order valence-corrected chi connectivity index (χ4v) is 4.15. The van der Waals surface area contributed by atoms with Gasteiger partial charge in [-0.3, -0.25) is 4.79 Å². The standard InChI is InChI=1S/C13H18N2O3S/c1-9(16)12-3-2-11(6-13(12)14)15-7-10-4-5-19(17,18)8-10/h2-3,6,10,15H,4-5,7-8,14H2,1H3. The van der Waals surface area contributed by atoms with Crippen molar-refractivity contribution in [3.63, 3.8) is 0 Å². The first-order valence-corrected chi connectivity index (χ1v) is 8.04. The molecule has 0 spiro atoms. The van der Waals surface area contributed by atoms with Gasteiger partial charge >= 0.3 is 0 Å². The van der Waals surface area contributed by atoms with Crippen molar-refractivity contribution in [3.05, 3.63) is 23.8 Å². The molecule has 1 heterocycles. The van der Waals surface area contributed by atoms with E-state index in [1.807, 2.05) is 0 Å². The first-order valence-electron chi connectivity index (χ1n) is 6.22. The minimum atomic E-state index is -2.84. The highest BCUT2D eigenvalue weighted by Gasteiger charge is 2.27. The maximum absolute atomic E-state index is 11.3. The van der Waals surface area contributed by atoms with E-state index < -0.39 is 9.84 Å². The van der Waals surface area contributed by atoms with E-state index in [0.717, 1.165) is 5.69 Å². The quantitative estimate of drug-likeness (QED) is 0.642. The van der Waals surface area contributed by atoms with Crippen molar-refractivity contribution >= 4 is 27.0 Å². The van der Waals surface area contributed by atoms with Gasteiger partial charge in [-0.05, 0) is 37.5 Å². The van der Waals surface area contributed by atoms with Gasteiger partial charge in [-0.1, -0.05) is 0 Å². The molecule has 0 aliphatic carbocycles. The molecule has 1 atom stereocenters. The van der Waals surface area contributed by atoms with Gasteiger partial charge in [0.05, 0.1) is 11.5 Å². The summed E-state index contributed by atoms with van der Waals surface area (Å²) in [4.78, 5) is 11.2. The second-order valence-electron chi connectivity index (χ2n) is 5.01. The Morgan fingerprint density at radius 3 is 2.74 bits per heavy atom. The smallest absolute Gasteiger partial charge is 0.161 e. The summed E-state index contributed by atoms with van der Waals surface area (Å²) in [5.41, 5.74) is 7.55. The van der Waals surface area contributed by atoms with Crippen LogP contribution in [0, 0.1) is 5.92 Å². The van der Waals surface area contributed by atoms with Crippen LogP contribution in [0.25, 0.3) is 0 Å². The molecule has 104 valence electrons. The number of nitrogens with one attached hydrogen (secondary N) is 1. The van der Waals surface area contributed by atoms with Crippen molar-refractivity contribution in [1.29, 1.82) is 0 Å². The highest BCUT2D eigenvalue weighted by Crippen LogP contribution is 2.21. The zero-order valence-corrected chi connectivity index (χ0v) is 11.7. The molecule has 0 bridgehead atoms. The molecule has 6 heteroatoms. The number of ketones is 1. The Morgan fingerprint density at radius 2 is 2.21 bits per heavy atom. The molecule has 2 rings (SSSR count). The molecule has 0 aromatic heterocycles. The van der Waals surface area contributed by atoms with E-state index in [9.17, 15) is 13.2 Å². The van der Waals surface area contributed by atoms with Gasteiger partial charge in [0.2, 0.25) is 0 Å². The molecule has 1 fully saturated rings. The summed E-state index contributed by atoms with van der Waals surface area (Å²) < 4.78 is 22.7. The number of anilines is 2. The zero-order chi connectivity index (χ0) is 14.0. The third-order valence-electron chi connectivity index (χ3n) is 3.35. The van der Waals surface area contributed by atoms with Crippen molar-refractivity contribution in [3.8, 4) is 0 Å². The Balaban J connectivity index is 1.97. The topological polar surface area (TPSA) is 89.3 Å². The fourth-order valence-electron chi connectivity index (χ4n) is 2.29. The number of nitrogens with two attached hydrogens (primary N) is 1. The fraction of sp³-hybridized carbons (Fsp3) is 0.462. The molecule has 0 radical (unpaired) electrons. The van der Waals surface area contributed by atoms with Gasteiger partial charge in [0, 0.05) is 23.5 Å². The first-order chi connectivity index (χ1) is 8.87. The van der Waals surface area contributed by atoms with E-state index >= 15 is 0 Å². The number of carbonyl (C=O) groups is 1. The number of hydrogen-bond acceptors (Lipinski definition) is 5. The van der Waals surface area contributed by atoms with Crippen molar-refractivity contribution in [2.75, 3.05) is 29.1 Å². The zero-order valence-electron chi connectivity index (χ0n) is 10.8. The van der Waals surface area contributed by atoms with Gasteiger partial charge in [0.15, 0.2) is 15.6 Å². The lowest BCUT2D eigenvalue weighted by molar-refractivity contribution is 0.101. The largest absolute Gasteiger partial charge is 0.398 e. The molecular weight excluding hydrogens is 264 g/mol. The van der Waals surface area contributed by atoms with Crippen molar-refractivity contribution in [2.45, 2.75) is 13.3 Å². The van der Waals surface area contributed by atoms with Gasteiger partial charge in [0.1, 0.15) is 0 Å². The summed E-state index contributed by atoms with van der Waals surface area (Å²) in [5.74, 6) is 0.621. The highest BCUT2D eigenvalue weighted by molar-refractivity contribution is 7.91. The lowest BCUT2D eigenvalue weighted by Crippen LogP contribution is -2.15. The lowest BCUT2D eigenvalue weighted by Gasteiger charge is -2.12. The van der Waals surface area contributed by atoms with Crippen molar-refractivity contribution in [1.82, 2.24) is 0 Å². The SMILES string of the molecule is CC(=O)c1ccc(NCC2CCS(=O)(=O)C2)cc1N. The van der Waals surface area contributed by atoms with E-state index in [-0.39, 0.29) is 23.2 Å². The average Bonchev–Trinajstić information content (AvgIpc) is 2.66. The number of nitrogen functional groups attached to an aromatic ring is 1. The Kier molecular flexibility index (Phi) is 3.80. The number of benzene rings is 1. The van der Waals surface area contributed by atoms with Gasteiger partial charge in [-0.25, -0.2) is 8.42 Å². The summed E-state index contributed by atoms with van der Waals surface area (Å²) in [6, 6.07) is 5.18. The molecule has 1 aromatic carbocycles. The third-order valence-corrected chi connectivity index (χ3v) is 5.19. The Labute approximate surface area is 113 Å². The number of rotatable bonds is 4. The minimum Gasteiger partial charge on any atom is -0.398 e. The Bertz CT molecular complexity index is 596. The van der Waals surface area contributed by atoms with Gasteiger partial charge in [-0.15, -0.1) is 0 Å². The second-order valence-corrected chi connectivity index (χ2v) is 7.24. The molecule has 1 saturated heterocycles. The summed E-state index contributed by atoms with van der Waals surface area (Å²) in [7, 11) is -2.84. The predicted molar refractivity (Wildman–Crippen MR) is 76.1 cm³/mol. The molecule has 5 nitrogen and oxygen atoms in total. The molecular formula is C13H18N2O3S. The minimum absolute atomic E-state index is 0.0639. The van der Waals surface area contributed by atoms with Crippen LogP contribution in [-0.2, 0) is 9.84 Å². The van der Waals surface area contributed by atoms with Crippen LogP contribution in [0.5, 0.6) is 0 Å². The molecule has 0 amide bonds. The van der Waals surface area contributed by atoms with Crippen LogP contribution in [0.4, 0.5) is 11.4 Å². The van der Waals surface area contributed by atoms with E-state index in [4.69, 9.17) is 5.73 Å². The number of hydrogen-bond donors (Lipinski definition) is 2. The van der Waals surface area contributed by atoms with Crippen LogP contribution in [0.1, 0.15) is 23.7 Å². The highest BCUT2D eigenvalue weighted by atomic mass is 32.2. The molecule has 1 aliphatic heterocycles. The Morgan fingerprint density at radius 1 is 1.47 bits per heavy atom. The van der Waals surface area contributed by atoms with Gasteiger partial charge in [-0.2, -0.15) is 0 Å². The molecule has 1 aromatic rings. The maximum Gasteiger partial charge on any atom is 0.161 e. The molecule has 19 heavy (non-hydrogen) atoms. The van der Waals surface area contributed by atoms with Gasteiger partial charge < -0.3 is 11.1 Å². The first kappa shape index (κ1) is 13.9. The van der Waals surface area contributed by atoms with Crippen LogP contribution in [0.3, 0.4) is 0 Å². The molecule has 1 aliphatic rings. The molecule has 0 saturated carbocycles. The molecule has 3 N–H and O–H groups in total. The average molecular weight is 282 g/mol. The van der Waals surface area contributed by atoms with Gasteiger partial charge in [0.25, 0.3) is 0 Å². The van der Waals surface area contributed by atoms with Crippen molar-refractivity contribution < 1.29 is 13.2 Å². The third kappa shape index (κ3) is 3.47. The summed E-state index contributed by atoms with van der Waals surface area (Å²) in [5, 5.41) is 3.18. The lowest BCUT2D eigenvalue weighted by atomic mass is 10.1. The van der Waals surface area contributed by atoms with E-state index in [2.05, 4.69) is 5.32 Å². The normalized spacial score (nSPS) is 21.2. The van der Waals surface area contributed by atoms with Crippen LogP contribution < -0.4 is 11.1 Å². The van der Waals surface area contributed by atoms with Crippen LogP contribution >= 0.6 is 0 Å². The van der Waals surface area contributed by atoms with Crippen LogP contribution in [0.15, 0.2) is 18.2 Å². The predicted octanol–water partition coefficient (Wildman–Crippen LogP) is 1.32.